The molecule has 1 aliphatic heterocycles. The summed E-state index contributed by atoms with van der Waals surface area (Å²) in [6.45, 7) is 1.42. The standard InChI is InChI=1S/C17H19FN2O3/c18-15-4-3-12(10-21)7-14(15)17(23)20-6-5-13(9-20)16(22)19-8-11-1-2-11/h3-4,7,10-11,13H,1-2,5-6,8-9H2,(H,19,22). The van der Waals surface area contributed by atoms with E-state index in [-0.39, 0.29) is 23.0 Å². The van der Waals surface area contributed by atoms with Gasteiger partial charge in [0, 0.05) is 25.2 Å². The Balaban J connectivity index is 1.62. The van der Waals surface area contributed by atoms with Gasteiger partial charge in [0.2, 0.25) is 5.91 Å². The van der Waals surface area contributed by atoms with Gasteiger partial charge in [-0.1, -0.05) is 0 Å². The molecule has 6 heteroatoms. The first-order valence-corrected chi connectivity index (χ1v) is 7.90. The largest absolute Gasteiger partial charge is 0.356 e. The molecule has 122 valence electrons. The van der Waals surface area contributed by atoms with Crippen molar-refractivity contribution >= 4 is 18.1 Å². The molecule has 1 saturated heterocycles. The first kappa shape index (κ1) is 15.6. The summed E-state index contributed by atoms with van der Waals surface area (Å²) in [5.41, 5.74) is 0.140. The molecule has 0 bridgehead atoms. The Morgan fingerprint density at radius 3 is 2.78 bits per heavy atom. The molecule has 1 unspecified atom stereocenters. The number of carbonyl (C=O) groups excluding carboxylic acids is 3. The lowest BCUT2D eigenvalue weighted by Gasteiger charge is -2.17. The maximum atomic E-state index is 13.8. The van der Waals surface area contributed by atoms with E-state index in [1.807, 2.05) is 0 Å². The third-order valence-electron chi connectivity index (χ3n) is 4.47. The number of halogens is 1. The van der Waals surface area contributed by atoms with Gasteiger partial charge in [0.05, 0.1) is 11.5 Å². The average molecular weight is 318 g/mol. The molecule has 1 heterocycles. The number of hydrogen-bond acceptors (Lipinski definition) is 3. The smallest absolute Gasteiger partial charge is 0.256 e. The second kappa shape index (κ2) is 6.48. The molecule has 1 saturated carbocycles. The van der Waals surface area contributed by atoms with Crippen molar-refractivity contribution in [2.75, 3.05) is 19.6 Å². The van der Waals surface area contributed by atoms with Crippen LogP contribution in [0.25, 0.3) is 0 Å². The lowest BCUT2D eigenvalue weighted by molar-refractivity contribution is -0.124. The molecule has 2 fully saturated rings. The zero-order valence-electron chi connectivity index (χ0n) is 12.8. The van der Waals surface area contributed by atoms with Crippen molar-refractivity contribution < 1.29 is 18.8 Å². The topological polar surface area (TPSA) is 66.5 Å². The molecule has 2 aliphatic rings. The van der Waals surface area contributed by atoms with Crippen molar-refractivity contribution in [1.29, 1.82) is 0 Å². The summed E-state index contributed by atoms with van der Waals surface area (Å²) in [4.78, 5) is 36.8. The van der Waals surface area contributed by atoms with Gasteiger partial charge in [-0.05, 0) is 43.4 Å². The summed E-state index contributed by atoms with van der Waals surface area (Å²) in [6.07, 6.45) is 3.50. The van der Waals surface area contributed by atoms with E-state index < -0.39 is 11.7 Å². The number of nitrogens with one attached hydrogen (secondary N) is 1. The highest BCUT2D eigenvalue weighted by Gasteiger charge is 2.33. The van der Waals surface area contributed by atoms with Crippen LogP contribution in [-0.2, 0) is 4.79 Å². The Labute approximate surface area is 133 Å². The third-order valence-corrected chi connectivity index (χ3v) is 4.47. The molecular formula is C17H19FN2O3. The quantitative estimate of drug-likeness (QED) is 0.839. The number of carbonyl (C=O) groups is 3. The van der Waals surface area contributed by atoms with Crippen molar-refractivity contribution in [2.24, 2.45) is 11.8 Å². The van der Waals surface area contributed by atoms with Crippen molar-refractivity contribution in [3.05, 3.63) is 35.1 Å². The zero-order chi connectivity index (χ0) is 16.4. The van der Waals surface area contributed by atoms with Crippen LogP contribution in [0.15, 0.2) is 18.2 Å². The van der Waals surface area contributed by atoms with Crippen LogP contribution in [0.2, 0.25) is 0 Å². The van der Waals surface area contributed by atoms with Gasteiger partial charge >= 0.3 is 0 Å². The molecule has 1 aliphatic carbocycles. The van der Waals surface area contributed by atoms with E-state index in [1.165, 1.54) is 29.9 Å². The van der Waals surface area contributed by atoms with Gasteiger partial charge in [-0.25, -0.2) is 4.39 Å². The average Bonchev–Trinajstić information content (AvgIpc) is 3.26. The zero-order valence-corrected chi connectivity index (χ0v) is 12.8. The summed E-state index contributed by atoms with van der Waals surface area (Å²) in [6, 6.07) is 3.70. The lowest BCUT2D eigenvalue weighted by atomic mass is 10.1. The number of rotatable bonds is 5. The van der Waals surface area contributed by atoms with Gasteiger partial charge in [-0.3, -0.25) is 14.4 Å². The highest BCUT2D eigenvalue weighted by molar-refractivity contribution is 5.96. The van der Waals surface area contributed by atoms with Gasteiger partial charge in [0.25, 0.3) is 5.91 Å². The Kier molecular flexibility index (Phi) is 4.41. The van der Waals surface area contributed by atoms with Crippen molar-refractivity contribution in [1.82, 2.24) is 10.2 Å². The second-order valence-electron chi connectivity index (χ2n) is 6.28. The molecule has 23 heavy (non-hydrogen) atoms. The fraction of sp³-hybridized carbons (Fsp3) is 0.471. The first-order valence-electron chi connectivity index (χ1n) is 7.90. The normalized spacial score (nSPS) is 20.4. The van der Waals surface area contributed by atoms with Crippen LogP contribution in [0.5, 0.6) is 0 Å². The summed E-state index contributed by atoms with van der Waals surface area (Å²) in [5.74, 6) is -0.784. The fourth-order valence-corrected chi connectivity index (χ4v) is 2.82. The predicted octanol–water partition coefficient (Wildman–Crippen LogP) is 1.63. The number of nitrogens with zero attached hydrogens (tertiary/aromatic N) is 1. The maximum Gasteiger partial charge on any atom is 0.256 e. The van der Waals surface area contributed by atoms with Gasteiger partial charge in [0.15, 0.2) is 0 Å². The molecule has 1 N–H and O–H groups in total. The first-order chi connectivity index (χ1) is 11.1. The van der Waals surface area contributed by atoms with Crippen molar-refractivity contribution in [3.8, 4) is 0 Å². The van der Waals surface area contributed by atoms with E-state index in [0.717, 1.165) is 6.07 Å². The molecule has 0 radical (unpaired) electrons. The number of aldehydes is 1. The van der Waals surface area contributed by atoms with Gasteiger partial charge < -0.3 is 10.2 Å². The number of likely N-dealkylation sites (tertiary alicyclic amines) is 1. The molecule has 1 atom stereocenters. The maximum absolute atomic E-state index is 13.8. The molecule has 0 spiro atoms. The number of amides is 2. The molecule has 1 aromatic rings. The molecule has 5 nitrogen and oxygen atoms in total. The Hall–Kier alpha value is -2.24. The van der Waals surface area contributed by atoms with E-state index in [4.69, 9.17) is 0 Å². The number of benzene rings is 1. The van der Waals surface area contributed by atoms with Crippen LogP contribution in [0.3, 0.4) is 0 Å². The molecule has 1 aromatic carbocycles. The minimum atomic E-state index is -0.651. The van der Waals surface area contributed by atoms with Gasteiger partial charge in [0.1, 0.15) is 12.1 Å². The molecule has 2 amide bonds. The van der Waals surface area contributed by atoms with Gasteiger partial charge in [-0.2, -0.15) is 0 Å². The Morgan fingerprint density at radius 2 is 2.09 bits per heavy atom. The fourth-order valence-electron chi connectivity index (χ4n) is 2.82. The van der Waals surface area contributed by atoms with E-state index >= 15 is 0 Å². The Morgan fingerprint density at radius 1 is 1.30 bits per heavy atom. The van der Waals surface area contributed by atoms with E-state index in [1.54, 1.807) is 0 Å². The van der Waals surface area contributed by atoms with Crippen LogP contribution in [0, 0.1) is 17.7 Å². The van der Waals surface area contributed by atoms with E-state index in [9.17, 15) is 18.8 Å². The molecule has 0 aromatic heterocycles. The lowest BCUT2D eigenvalue weighted by Crippen LogP contribution is -2.35. The SMILES string of the molecule is O=Cc1ccc(F)c(C(=O)N2CCC(C(=O)NCC3CC3)C2)c1. The third kappa shape index (κ3) is 3.57. The van der Waals surface area contributed by atoms with Crippen LogP contribution >= 0.6 is 0 Å². The summed E-state index contributed by atoms with van der Waals surface area (Å²) in [7, 11) is 0. The van der Waals surface area contributed by atoms with E-state index in [0.29, 0.717) is 38.3 Å². The highest BCUT2D eigenvalue weighted by Crippen LogP contribution is 2.28. The highest BCUT2D eigenvalue weighted by atomic mass is 19.1. The Bertz CT molecular complexity index is 643. The van der Waals surface area contributed by atoms with Crippen LogP contribution < -0.4 is 5.32 Å². The monoisotopic (exact) mass is 318 g/mol. The van der Waals surface area contributed by atoms with Crippen molar-refractivity contribution in [2.45, 2.75) is 19.3 Å². The van der Waals surface area contributed by atoms with Crippen LogP contribution in [-0.4, -0.2) is 42.6 Å². The summed E-state index contributed by atoms with van der Waals surface area (Å²) < 4.78 is 13.8. The van der Waals surface area contributed by atoms with Crippen LogP contribution in [0.1, 0.15) is 40.0 Å². The van der Waals surface area contributed by atoms with E-state index in [2.05, 4.69) is 5.32 Å². The molecular weight excluding hydrogens is 299 g/mol. The van der Waals surface area contributed by atoms with Gasteiger partial charge in [-0.15, -0.1) is 0 Å². The van der Waals surface area contributed by atoms with Crippen molar-refractivity contribution in [3.63, 3.8) is 0 Å². The summed E-state index contributed by atoms with van der Waals surface area (Å²) in [5, 5.41) is 2.92. The van der Waals surface area contributed by atoms with Crippen LogP contribution in [0.4, 0.5) is 4.39 Å². The number of hydrogen-bond donors (Lipinski definition) is 1. The minimum absolute atomic E-state index is 0.0330. The summed E-state index contributed by atoms with van der Waals surface area (Å²) >= 11 is 0. The second-order valence-corrected chi connectivity index (χ2v) is 6.28. The minimum Gasteiger partial charge on any atom is -0.356 e. The predicted molar refractivity (Wildman–Crippen MR) is 81.5 cm³/mol. The molecule has 3 rings (SSSR count).